The zero-order chi connectivity index (χ0) is 16.0. The number of carbonyl (C=O) groups excluding carboxylic acids is 1. The van der Waals surface area contributed by atoms with Crippen LogP contribution in [0.5, 0.6) is 0 Å². The van der Waals surface area contributed by atoms with Crippen LogP contribution < -0.4 is 5.32 Å². The molecule has 21 heavy (non-hydrogen) atoms. The molecule has 1 rings (SSSR count). The Morgan fingerprint density at radius 2 is 2.14 bits per heavy atom. The number of carboxylic acid groups (broad SMARTS) is 1. The number of amides is 1. The Labute approximate surface area is 126 Å². The van der Waals surface area contributed by atoms with Gasteiger partial charge in [0.2, 0.25) is 0 Å². The molecular formula is C13H15ClN2O5. The van der Waals surface area contributed by atoms with E-state index in [-0.39, 0.29) is 17.0 Å². The molecule has 1 unspecified atom stereocenters. The lowest BCUT2D eigenvalue weighted by Crippen LogP contribution is -2.36. The van der Waals surface area contributed by atoms with Gasteiger partial charge in [0.25, 0.3) is 5.91 Å². The molecule has 0 fully saturated rings. The van der Waals surface area contributed by atoms with Crippen LogP contribution in [0.25, 0.3) is 0 Å². The van der Waals surface area contributed by atoms with Gasteiger partial charge in [-0.15, -0.1) is 0 Å². The molecule has 0 bridgehead atoms. The summed E-state index contributed by atoms with van der Waals surface area (Å²) in [5.74, 6) is -1.75. The fourth-order valence-corrected chi connectivity index (χ4v) is 2.18. The number of nitro groups is 1. The predicted molar refractivity (Wildman–Crippen MR) is 76.5 cm³/mol. The largest absolute Gasteiger partial charge is 0.481 e. The molecule has 114 valence electrons. The van der Waals surface area contributed by atoms with Crippen LogP contribution >= 0.6 is 11.6 Å². The summed E-state index contributed by atoms with van der Waals surface area (Å²) in [6, 6.07) is 3.44. The van der Waals surface area contributed by atoms with Crippen molar-refractivity contribution in [3.63, 3.8) is 0 Å². The van der Waals surface area contributed by atoms with Gasteiger partial charge in [-0.2, -0.15) is 0 Å². The van der Waals surface area contributed by atoms with Gasteiger partial charge in [0, 0.05) is 6.04 Å². The van der Waals surface area contributed by atoms with Crippen LogP contribution in [0, 0.1) is 10.1 Å². The van der Waals surface area contributed by atoms with E-state index < -0.39 is 28.5 Å². The molecule has 2 N–H and O–H groups in total. The zero-order valence-electron chi connectivity index (χ0n) is 11.3. The average molecular weight is 315 g/mol. The summed E-state index contributed by atoms with van der Waals surface area (Å²) in [4.78, 5) is 33.1. The first kappa shape index (κ1) is 16.9. The van der Waals surface area contributed by atoms with Gasteiger partial charge in [-0.25, -0.2) is 0 Å². The van der Waals surface area contributed by atoms with E-state index in [0.29, 0.717) is 12.8 Å². The van der Waals surface area contributed by atoms with E-state index in [2.05, 4.69) is 5.32 Å². The first-order valence-corrected chi connectivity index (χ1v) is 6.70. The summed E-state index contributed by atoms with van der Waals surface area (Å²) in [7, 11) is 0. The molecule has 0 aliphatic carbocycles. The number of halogens is 1. The van der Waals surface area contributed by atoms with Gasteiger partial charge in [0.15, 0.2) is 0 Å². The van der Waals surface area contributed by atoms with Crippen molar-refractivity contribution in [1.29, 1.82) is 0 Å². The van der Waals surface area contributed by atoms with Crippen molar-refractivity contribution in [2.75, 3.05) is 0 Å². The molecule has 7 nitrogen and oxygen atoms in total. The van der Waals surface area contributed by atoms with Crippen molar-refractivity contribution in [3.8, 4) is 0 Å². The number of para-hydroxylation sites is 1. The number of carboxylic acids is 1. The molecule has 8 heteroatoms. The lowest BCUT2D eigenvalue weighted by molar-refractivity contribution is -0.385. The Kier molecular flexibility index (Phi) is 6.10. The summed E-state index contributed by atoms with van der Waals surface area (Å²) in [6.45, 7) is 1.85. The van der Waals surface area contributed by atoms with Crippen LogP contribution in [0.2, 0.25) is 5.02 Å². The van der Waals surface area contributed by atoms with Gasteiger partial charge in [0.05, 0.1) is 11.3 Å². The molecular weight excluding hydrogens is 300 g/mol. The third-order valence-corrected chi connectivity index (χ3v) is 3.11. The second kappa shape index (κ2) is 7.58. The van der Waals surface area contributed by atoms with Crippen LogP contribution in [0.3, 0.4) is 0 Å². The molecule has 1 aromatic rings. The van der Waals surface area contributed by atoms with Crippen molar-refractivity contribution in [1.82, 2.24) is 5.32 Å². The highest BCUT2D eigenvalue weighted by atomic mass is 35.5. The van der Waals surface area contributed by atoms with Crippen molar-refractivity contribution < 1.29 is 19.6 Å². The molecule has 0 spiro atoms. The van der Waals surface area contributed by atoms with E-state index in [4.69, 9.17) is 16.7 Å². The van der Waals surface area contributed by atoms with E-state index in [1.165, 1.54) is 18.2 Å². The predicted octanol–water partition coefficient (Wildman–Crippen LogP) is 2.62. The van der Waals surface area contributed by atoms with E-state index in [1.54, 1.807) is 0 Å². The molecule has 0 radical (unpaired) electrons. The Balaban J connectivity index is 3.00. The average Bonchev–Trinajstić information content (AvgIpc) is 2.37. The van der Waals surface area contributed by atoms with Gasteiger partial charge >= 0.3 is 11.7 Å². The van der Waals surface area contributed by atoms with Crippen molar-refractivity contribution >= 4 is 29.2 Å². The maximum Gasteiger partial charge on any atom is 0.305 e. The lowest BCUT2D eigenvalue weighted by Gasteiger charge is -2.16. The van der Waals surface area contributed by atoms with Crippen LogP contribution in [-0.2, 0) is 4.79 Å². The number of carbonyl (C=O) groups is 2. The number of hydrogen-bond donors (Lipinski definition) is 2. The topological polar surface area (TPSA) is 110 Å². The van der Waals surface area contributed by atoms with Gasteiger partial charge in [-0.1, -0.05) is 31.0 Å². The standard InChI is InChI=1S/C13H15ClN2O5/c1-2-4-8(7-11(17)18)15-13(19)9-5-3-6-10(14)12(9)16(20)21/h3,5-6,8H,2,4,7H2,1H3,(H,15,19)(H,17,18). The molecule has 0 aliphatic rings. The Bertz CT molecular complexity index is 561. The molecule has 0 saturated carbocycles. The Hall–Kier alpha value is -2.15. The maximum atomic E-state index is 12.1. The molecule has 1 aromatic carbocycles. The van der Waals surface area contributed by atoms with Crippen LogP contribution in [-0.4, -0.2) is 27.9 Å². The van der Waals surface area contributed by atoms with Gasteiger partial charge < -0.3 is 10.4 Å². The van der Waals surface area contributed by atoms with Crippen molar-refractivity contribution in [2.24, 2.45) is 0 Å². The first-order chi connectivity index (χ1) is 9.86. The number of nitrogens with zero attached hydrogens (tertiary/aromatic N) is 1. The third kappa shape index (κ3) is 4.71. The highest BCUT2D eigenvalue weighted by molar-refractivity contribution is 6.33. The number of benzene rings is 1. The maximum absolute atomic E-state index is 12.1. The van der Waals surface area contributed by atoms with E-state index in [1.807, 2.05) is 6.92 Å². The monoisotopic (exact) mass is 314 g/mol. The van der Waals surface area contributed by atoms with Crippen LogP contribution in [0.15, 0.2) is 18.2 Å². The highest BCUT2D eigenvalue weighted by Crippen LogP contribution is 2.28. The van der Waals surface area contributed by atoms with Crippen molar-refractivity contribution in [2.45, 2.75) is 32.2 Å². The summed E-state index contributed by atoms with van der Waals surface area (Å²) < 4.78 is 0. The Morgan fingerprint density at radius 1 is 1.48 bits per heavy atom. The summed E-state index contributed by atoms with van der Waals surface area (Å²) in [6.07, 6.45) is 0.899. The molecule has 1 amide bonds. The summed E-state index contributed by atoms with van der Waals surface area (Å²) in [5, 5.41) is 22.1. The minimum Gasteiger partial charge on any atom is -0.481 e. The molecule has 1 atom stereocenters. The zero-order valence-corrected chi connectivity index (χ0v) is 12.1. The first-order valence-electron chi connectivity index (χ1n) is 6.32. The number of hydrogen-bond acceptors (Lipinski definition) is 4. The van der Waals surface area contributed by atoms with E-state index in [0.717, 1.165) is 0 Å². The van der Waals surface area contributed by atoms with Gasteiger partial charge in [0.1, 0.15) is 10.6 Å². The van der Waals surface area contributed by atoms with Gasteiger partial charge in [-0.3, -0.25) is 19.7 Å². The number of rotatable bonds is 7. The number of nitrogens with one attached hydrogen (secondary N) is 1. The normalized spacial score (nSPS) is 11.7. The van der Waals surface area contributed by atoms with E-state index in [9.17, 15) is 19.7 Å². The SMILES string of the molecule is CCCC(CC(=O)O)NC(=O)c1cccc(Cl)c1[N+](=O)[O-]. The number of nitro benzene ring substituents is 1. The summed E-state index contributed by atoms with van der Waals surface area (Å²) >= 11 is 5.73. The Morgan fingerprint density at radius 3 is 2.67 bits per heavy atom. The van der Waals surface area contributed by atoms with Gasteiger partial charge in [-0.05, 0) is 18.6 Å². The minimum absolute atomic E-state index is 0.141. The molecule has 0 aliphatic heterocycles. The van der Waals surface area contributed by atoms with Crippen LogP contribution in [0.4, 0.5) is 5.69 Å². The minimum atomic E-state index is -1.05. The fourth-order valence-electron chi connectivity index (χ4n) is 1.93. The fraction of sp³-hybridized carbons (Fsp3) is 0.385. The van der Waals surface area contributed by atoms with Crippen LogP contribution in [0.1, 0.15) is 36.5 Å². The summed E-state index contributed by atoms with van der Waals surface area (Å²) in [5.41, 5.74) is -0.666. The second-order valence-corrected chi connectivity index (χ2v) is 4.86. The molecule has 0 aromatic heterocycles. The second-order valence-electron chi connectivity index (χ2n) is 4.45. The molecule has 0 heterocycles. The smallest absolute Gasteiger partial charge is 0.305 e. The molecule has 0 saturated heterocycles. The van der Waals surface area contributed by atoms with E-state index >= 15 is 0 Å². The van der Waals surface area contributed by atoms with Crippen molar-refractivity contribution in [3.05, 3.63) is 38.9 Å². The number of aliphatic carboxylic acids is 1. The highest BCUT2D eigenvalue weighted by Gasteiger charge is 2.25. The lowest BCUT2D eigenvalue weighted by atomic mass is 10.1. The quantitative estimate of drug-likeness (QED) is 0.594. The third-order valence-electron chi connectivity index (χ3n) is 2.81.